The summed E-state index contributed by atoms with van der Waals surface area (Å²) < 4.78 is 0. The van der Waals surface area contributed by atoms with Crippen LogP contribution in [0.1, 0.15) is 46.0 Å². The molecule has 84 valence electrons. The van der Waals surface area contributed by atoms with E-state index in [1.165, 1.54) is 51.7 Å². The molecule has 1 aliphatic heterocycles. The summed E-state index contributed by atoms with van der Waals surface area (Å²) in [6, 6.07) is 0.769. The lowest BCUT2D eigenvalue weighted by molar-refractivity contribution is 0.389. The Hall–Kier alpha value is -0.0800. The SMILES string of the molecule is CCC(CC)CNC1CCCNCC1. The largest absolute Gasteiger partial charge is 0.317 e. The van der Waals surface area contributed by atoms with Gasteiger partial charge in [0.2, 0.25) is 0 Å². The van der Waals surface area contributed by atoms with Crippen molar-refractivity contribution in [3.8, 4) is 0 Å². The maximum absolute atomic E-state index is 3.72. The van der Waals surface area contributed by atoms with Crippen LogP contribution < -0.4 is 10.6 Å². The highest BCUT2D eigenvalue weighted by Crippen LogP contribution is 2.09. The Morgan fingerprint density at radius 2 is 2.00 bits per heavy atom. The molecular weight excluding hydrogens is 172 g/mol. The molecule has 1 fully saturated rings. The molecule has 0 aromatic rings. The van der Waals surface area contributed by atoms with Gasteiger partial charge in [-0.25, -0.2) is 0 Å². The fourth-order valence-corrected chi connectivity index (χ4v) is 2.13. The molecule has 0 saturated carbocycles. The molecule has 1 unspecified atom stereocenters. The molecule has 1 heterocycles. The lowest BCUT2D eigenvalue weighted by atomic mass is 10.0. The molecule has 1 saturated heterocycles. The lowest BCUT2D eigenvalue weighted by Crippen LogP contribution is -2.33. The zero-order valence-corrected chi connectivity index (χ0v) is 9.81. The monoisotopic (exact) mass is 198 g/mol. The van der Waals surface area contributed by atoms with Crippen LogP contribution >= 0.6 is 0 Å². The maximum Gasteiger partial charge on any atom is 0.00797 e. The van der Waals surface area contributed by atoms with E-state index in [9.17, 15) is 0 Å². The Morgan fingerprint density at radius 3 is 2.71 bits per heavy atom. The number of hydrogen-bond acceptors (Lipinski definition) is 2. The molecular formula is C12H26N2. The molecule has 1 atom stereocenters. The fraction of sp³-hybridized carbons (Fsp3) is 1.00. The van der Waals surface area contributed by atoms with Crippen molar-refractivity contribution in [1.82, 2.24) is 10.6 Å². The summed E-state index contributed by atoms with van der Waals surface area (Å²) in [7, 11) is 0. The lowest BCUT2D eigenvalue weighted by Gasteiger charge is -2.20. The van der Waals surface area contributed by atoms with E-state index in [1.807, 2.05) is 0 Å². The van der Waals surface area contributed by atoms with Crippen LogP contribution in [0.25, 0.3) is 0 Å². The number of hydrogen-bond donors (Lipinski definition) is 2. The summed E-state index contributed by atoms with van der Waals surface area (Å²) in [5.74, 6) is 0.881. The Kier molecular flexibility index (Phi) is 6.20. The first-order chi connectivity index (χ1) is 6.86. The van der Waals surface area contributed by atoms with E-state index in [-0.39, 0.29) is 0 Å². The topological polar surface area (TPSA) is 24.1 Å². The van der Waals surface area contributed by atoms with E-state index in [1.54, 1.807) is 0 Å². The predicted molar refractivity (Wildman–Crippen MR) is 62.6 cm³/mol. The van der Waals surface area contributed by atoms with Gasteiger partial charge in [-0.05, 0) is 44.8 Å². The zero-order chi connectivity index (χ0) is 10.2. The van der Waals surface area contributed by atoms with Crippen molar-refractivity contribution in [2.45, 2.75) is 52.0 Å². The van der Waals surface area contributed by atoms with Crippen molar-refractivity contribution in [2.75, 3.05) is 19.6 Å². The van der Waals surface area contributed by atoms with E-state index in [4.69, 9.17) is 0 Å². The molecule has 2 N–H and O–H groups in total. The minimum absolute atomic E-state index is 0.769. The van der Waals surface area contributed by atoms with Crippen molar-refractivity contribution in [2.24, 2.45) is 5.92 Å². The van der Waals surface area contributed by atoms with Crippen molar-refractivity contribution >= 4 is 0 Å². The quantitative estimate of drug-likeness (QED) is 0.707. The summed E-state index contributed by atoms with van der Waals surface area (Å²) in [5.41, 5.74) is 0. The highest BCUT2D eigenvalue weighted by Gasteiger charge is 2.12. The summed E-state index contributed by atoms with van der Waals surface area (Å²) >= 11 is 0. The summed E-state index contributed by atoms with van der Waals surface area (Å²) in [4.78, 5) is 0. The molecule has 0 bridgehead atoms. The molecule has 0 spiro atoms. The van der Waals surface area contributed by atoms with E-state index in [0.717, 1.165) is 12.0 Å². The van der Waals surface area contributed by atoms with Crippen LogP contribution in [0.5, 0.6) is 0 Å². The minimum Gasteiger partial charge on any atom is -0.317 e. The Bertz CT molecular complexity index is 124. The van der Waals surface area contributed by atoms with Gasteiger partial charge >= 0.3 is 0 Å². The summed E-state index contributed by atoms with van der Waals surface area (Å²) in [5, 5.41) is 7.18. The van der Waals surface area contributed by atoms with Crippen molar-refractivity contribution < 1.29 is 0 Å². The van der Waals surface area contributed by atoms with Crippen molar-refractivity contribution in [1.29, 1.82) is 0 Å². The van der Waals surface area contributed by atoms with Gasteiger partial charge in [-0.1, -0.05) is 26.7 Å². The van der Waals surface area contributed by atoms with Crippen LogP contribution in [0, 0.1) is 5.92 Å². The molecule has 2 nitrogen and oxygen atoms in total. The second-order valence-corrected chi connectivity index (χ2v) is 4.47. The van der Waals surface area contributed by atoms with E-state index in [2.05, 4.69) is 24.5 Å². The normalized spacial score (nSPS) is 23.8. The molecule has 0 aromatic heterocycles. The van der Waals surface area contributed by atoms with Crippen LogP contribution in [0.2, 0.25) is 0 Å². The highest BCUT2D eigenvalue weighted by atomic mass is 14.9. The van der Waals surface area contributed by atoms with Crippen molar-refractivity contribution in [3.63, 3.8) is 0 Å². The average Bonchev–Trinajstić information content (AvgIpc) is 2.48. The summed E-state index contributed by atoms with van der Waals surface area (Å²) in [6.07, 6.45) is 6.62. The van der Waals surface area contributed by atoms with E-state index >= 15 is 0 Å². The zero-order valence-electron chi connectivity index (χ0n) is 9.81. The first kappa shape index (κ1) is 12.0. The third kappa shape index (κ3) is 4.43. The van der Waals surface area contributed by atoms with Crippen LogP contribution in [0.4, 0.5) is 0 Å². The smallest absolute Gasteiger partial charge is 0.00797 e. The molecule has 14 heavy (non-hydrogen) atoms. The van der Waals surface area contributed by atoms with Crippen LogP contribution in [0.3, 0.4) is 0 Å². The van der Waals surface area contributed by atoms with Crippen LogP contribution in [0.15, 0.2) is 0 Å². The van der Waals surface area contributed by atoms with Gasteiger partial charge in [0, 0.05) is 6.04 Å². The molecule has 1 rings (SSSR count). The van der Waals surface area contributed by atoms with Crippen LogP contribution in [-0.4, -0.2) is 25.7 Å². The molecule has 0 amide bonds. The third-order valence-electron chi connectivity index (χ3n) is 3.43. The molecule has 0 aliphatic carbocycles. The second kappa shape index (κ2) is 7.24. The Labute approximate surface area is 88.8 Å². The number of nitrogens with one attached hydrogen (secondary N) is 2. The van der Waals surface area contributed by atoms with E-state index in [0.29, 0.717) is 0 Å². The fourth-order valence-electron chi connectivity index (χ4n) is 2.13. The van der Waals surface area contributed by atoms with Gasteiger partial charge in [0.1, 0.15) is 0 Å². The highest BCUT2D eigenvalue weighted by molar-refractivity contribution is 4.73. The van der Waals surface area contributed by atoms with Gasteiger partial charge < -0.3 is 10.6 Å². The van der Waals surface area contributed by atoms with Crippen molar-refractivity contribution in [3.05, 3.63) is 0 Å². The van der Waals surface area contributed by atoms with Crippen LogP contribution in [-0.2, 0) is 0 Å². The van der Waals surface area contributed by atoms with Gasteiger partial charge in [0.05, 0.1) is 0 Å². The molecule has 0 radical (unpaired) electrons. The first-order valence-electron chi connectivity index (χ1n) is 6.30. The Balaban J connectivity index is 2.14. The van der Waals surface area contributed by atoms with Gasteiger partial charge in [-0.2, -0.15) is 0 Å². The standard InChI is InChI=1S/C12H26N2/c1-3-11(4-2)10-14-12-6-5-8-13-9-7-12/h11-14H,3-10H2,1-2H3. The summed E-state index contributed by atoms with van der Waals surface area (Å²) in [6.45, 7) is 8.22. The second-order valence-electron chi connectivity index (χ2n) is 4.47. The Morgan fingerprint density at radius 1 is 1.21 bits per heavy atom. The average molecular weight is 198 g/mol. The van der Waals surface area contributed by atoms with Gasteiger partial charge in [0.15, 0.2) is 0 Å². The van der Waals surface area contributed by atoms with Gasteiger partial charge in [-0.3, -0.25) is 0 Å². The molecule has 0 aromatic carbocycles. The van der Waals surface area contributed by atoms with E-state index < -0.39 is 0 Å². The molecule has 1 aliphatic rings. The minimum atomic E-state index is 0.769. The van der Waals surface area contributed by atoms with Gasteiger partial charge in [-0.15, -0.1) is 0 Å². The number of rotatable bonds is 5. The first-order valence-corrected chi connectivity index (χ1v) is 6.30. The molecule has 2 heteroatoms. The van der Waals surface area contributed by atoms with Gasteiger partial charge in [0.25, 0.3) is 0 Å². The third-order valence-corrected chi connectivity index (χ3v) is 3.43. The predicted octanol–water partition coefficient (Wildman–Crippen LogP) is 2.15. The maximum atomic E-state index is 3.72.